The van der Waals surface area contributed by atoms with Crippen LogP contribution in [0.5, 0.6) is 0 Å². The molecular formula is C7H15NS. The van der Waals surface area contributed by atoms with Gasteiger partial charge in [0.15, 0.2) is 0 Å². The van der Waals surface area contributed by atoms with E-state index in [1.165, 1.54) is 6.42 Å². The van der Waals surface area contributed by atoms with E-state index in [-0.39, 0.29) is 0 Å². The number of hydrogen-bond donors (Lipinski definition) is 2. The molecule has 0 saturated heterocycles. The first-order chi connectivity index (χ1) is 4.13. The van der Waals surface area contributed by atoms with Crippen LogP contribution in [-0.2, 0) is 0 Å². The van der Waals surface area contributed by atoms with E-state index in [9.17, 15) is 0 Å². The third-order valence-corrected chi connectivity index (χ3v) is 3.12. The molecule has 1 aliphatic carbocycles. The lowest BCUT2D eigenvalue weighted by atomic mass is 9.98. The zero-order chi connectivity index (χ0) is 7.02. The summed E-state index contributed by atoms with van der Waals surface area (Å²) in [7, 11) is 0. The molecule has 0 heterocycles. The standard InChI is InChI=1S/C7H15NS/c1-4-3-6(9)7(8)5(4)2/h4-7,9H,3,8H2,1-2H3. The van der Waals surface area contributed by atoms with Crippen molar-refractivity contribution in [1.82, 2.24) is 0 Å². The Kier molecular flexibility index (Phi) is 2.07. The first-order valence-corrected chi connectivity index (χ1v) is 4.08. The molecule has 4 atom stereocenters. The monoisotopic (exact) mass is 145 g/mol. The van der Waals surface area contributed by atoms with E-state index in [1.807, 2.05) is 0 Å². The van der Waals surface area contributed by atoms with Crippen LogP contribution in [0.2, 0.25) is 0 Å². The molecule has 0 aromatic rings. The van der Waals surface area contributed by atoms with Crippen LogP contribution in [0.25, 0.3) is 0 Å². The normalized spacial score (nSPS) is 52.0. The van der Waals surface area contributed by atoms with E-state index in [1.54, 1.807) is 0 Å². The SMILES string of the molecule is CC1CC(S)C(N)C1C. The van der Waals surface area contributed by atoms with Gasteiger partial charge in [-0.15, -0.1) is 0 Å². The highest BCUT2D eigenvalue weighted by molar-refractivity contribution is 7.81. The molecular weight excluding hydrogens is 130 g/mol. The van der Waals surface area contributed by atoms with Crippen molar-refractivity contribution in [1.29, 1.82) is 0 Å². The highest BCUT2D eigenvalue weighted by Crippen LogP contribution is 2.32. The molecule has 0 amide bonds. The van der Waals surface area contributed by atoms with Crippen molar-refractivity contribution >= 4 is 12.6 Å². The molecule has 0 aromatic carbocycles. The van der Waals surface area contributed by atoms with Gasteiger partial charge in [0.25, 0.3) is 0 Å². The second kappa shape index (κ2) is 2.51. The van der Waals surface area contributed by atoms with E-state index in [0.717, 1.165) is 5.92 Å². The maximum atomic E-state index is 5.84. The predicted octanol–water partition coefficient (Wildman–Crippen LogP) is 1.29. The van der Waals surface area contributed by atoms with Crippen LogP contribution in [0.15, 0.2) is 0 Å². The summed E-state index contributed by atoms with van der Waals surface area (Å²) in [4.78, 5) is 0. The van der Waals surface area contributed by atoms with Crippen LogP contribution < -0.4 is 5.73 Å². The Morgan fingerprint density at radius 3 is 2.11 bits per heavy atom. The van der Waals surface area contributed by atoms with Crippen molar-refractivity contribution in [3.05, 3.63) is 0 Å². The van der Waals surface area contributed by atoms with Gasteiger partial charge in [0, 0.05) is 11.3 Å². The van der Waals surface area contributed by atoms with Gasteiger partial charge in [-0.25, -0.2) is 0 Å². The van der Waals surface area contributed by atoms with E-state index >= 15 is 0 Å². The fourth-order valence-electron chi connectivity index (χ4n) is 1.48. The topological polar surface area (TPSA) is 26.0 Å². The molecule has 1 nitrogen and oxygen atoms in total. The average Bonchev–Trinajstić information content (AvgIpc) is 1.98. The zero-order valence-electron chi connectivity index (χ0n) is 6.04. The maximum Gasteiger partial charge on any atom is 0.0185 e. The number of thiol groups is 1. The molecule has 0 aromatic heterocycles. The van der Waals surface area contributed by atoms with Crippen LogP contribution in [0.1, 0.15) is 20.3 Å². The highest BCUT2D eigenvalue weighted by Gasteiger charge is 2.33. The summed E-state index contributed by atoms with van der Waals surface area (Å²) in [6.07, 6.45) is 1.19. The summed E-state index contributed by atoms with van der Waals surface area (Å²) in [5, 5.41) is 0.440. The Morgan fingerprint density at radius 2 is 2.00 bits per heavy atom. The molecule has 54 valence electrons. The van der Waals surface area contributed by atoms with Crippen molar-refractivity contribution in [2.24, 2.45) is 17.6 Å². The first-order valence-electron chi connectivity index (χ1n) is 3.56. The average molecular weight is 145 g/mol. The number of nitrogens with two attached hydrogens (primary N) is 1. The van der Waals surface area contributed by atoms with Crippen molar-refractivity contribution in [3.63, 3.8) is 0 Å². The molecule has 4 unspecified atom stereocenters. The lowest BCUT2D eigenvalue weighted by Crippen LogP contribution is -2.31. The van der Waals surface area contributed by atoms with Gasteiger partial charge in [0.1, 0.15) is 0 Å². The fourth-order valence-corrected chi connectivity index (χ4v) is 2.09. The lowest BCUT2D eigenvalue weighted by Gasteiger charge is -2.13. The van der Waals surface area contributed by atoms with Gasteiger partial charge in [-0.1, -0.05) is 13.8 Å². The smallest absolute Gasteiger partial charge is 0.0185 e. The van der Waals surface area contributed by atoms with Crippen molar-refractivity contribution in [2.45, 2.75) is 31.6 Å². The van der Waals surface area contributed by atoms with E-state index in [0.29, 0.717) is 17.2 Å². The van der Waals surface area contributed by atoms with Gasteiger partial charge in [-0.05, 0) is 18.3 Å². The number of hydrogen-bond acceptors (Lipinski definition) is 2. The maximum absolute atomic E-state index is 5.84. The lowest BCUT2D eigenvalue weighted by molar-refractivity contribution is 0.423. The van der Waals surface area contributed by atoms with E-state index in [4.69, 9.17) is 5.73 Å². The molecule has 0 radical (unpaired) electrons. The Hall–Kier alpha value is 0.310. The van der Waals surface area contributed by atoms with Crippen LogP contribution >= 0.6 is 12.6 Å². The zero-order valence-corrected chi connectivity index (χ0v) is 6.94. The number of rotatable bonds is 0. The van der Waals surface area contributed by atoms with E-state index < -0.39 is 0 Å². The summed E-state index contributed by atoms with van der Waals surface area (Å²) < 4.78 is 0. The van der Waals surface area contributed by atoms with Crippen LogP contribution in [0.3, 0.4) is 0 Å². The Balaban J connectivity index is 2.54. The molecule has 0 aliphatic heterocycles. The van der Waals surface area contributed by atoms with E-state index in [2.05, 4.69) is 26.5 Å². The van der Waals surface area contributed by atoms with Gasteiger partial charge < -0.3 is 5.73 Å². The second-order valence-electron chi connectivity index (χ2n) is 3.22. The van der Waals surface area contributed by atoms with Gasteiger partial charge in [0.05, 0.1) is 0 Å². The minimum Gasteiger partial charge on any atom is -0.326 e. The third kappa shape index (κ3) is 1.24. The highest BCUT2D eigenvalue weighted by atomic mass is 32.1. The Labute approximate surface area is 62.4 Å². The quantitative estimate of drug-likeness (QED) is 0.494. The molecule has 9 heavy (non-hydrogen) atoms. The fraction of sp³-hybridized carbons (Fsp3) is 1.00. The van der Waals surface area contributed by atoms with Crippen LogP contribution in [0, 0.1) is 11.8 Å². The molecule has 2 heteroatoms. The van der Waals surface area contributed by atoms with Crippen molar-refractivity contribution in [2.75, 3.05) is 0 Å². The third-order valence-electron chi connectivity index (χ3n) is 2.56. The predicted molar refractivity (Wildman–Crippen MR) is 43.7 cm³/mol. The minimum atomic E-state index is 0.323. The first kappa shape index (κ1) is 7.42. The van der Waals surface area contributed by atoms with Gasteiger partial charge >= 0.3 is 0 Å². The molecule has 0 bridgehead atoms. The Morgan fingerprint density at radius 1 is 1.44 bits per heavy atom. The van der Waals surface area contributed by atoms with Gasteiger partial charge in [-0.3, -0.25) is 0 Å². The molecule has 1 aliphatic rings. The molecule has 1 fully saturated rings. The van der Waals surface area contributed by atoms with Gasteiger partial charge in [-0.2, -0.15) is 12.6 Å². The molecule has 1 rings (SSSR count). The second-order valence-corrected chi connectivity index (χ2v) is 3.88. The van der Waals surface area contributed by atoms with Crippen LogP contribution in [0.4, 0.5) is 0 Å². The summed E-state index contributed by atoms with van der Waals surface area (Å²) in [5.74, 6) is 1.43. The van der Waals surface area contributed by atoms with Gasteiger partial charge in [0.2, 0.25) is 0 Å². The summed E-state index contributed by atoms with van der Waals surface area (Å²) in [6, 6.07) is 0.323. The molecule has 0 spiro atoms. The summed E-state index contributed by atoms with van der Waals surface area (Å²) in [6.45, 7) is 4.46. The van der Waals surface area contributed by atoms with Crippen molar-refractivity contribution < 1.29 is 0 Å². The molecule has 2 N–H and O–H groups in total. The summed E-state index contributed by atoms with van der Waals surface area (Å²) in [5.41, 5.74) is 5.84. The van der Waals surface area contributed by atoms with Crippen molar-refractivity contribution in [3.8, 4) is 0 Å². The summed E-state index contributed by atoms with van der Waals surface area (Å²) >= 11 is 4.38. The molecule has 1 saturated carbocycles. The van der Waals surface area contributed by atoms with Crippen LogP contribution in [-0.4, -0.2) is 11.3 Å². The largest absolute Gasteiger partial charge is 0.326 e. The minimum absolute atomic E-state index is 0.323. The Bertz CT molecular complexity index is 93.1.